The molecule has 0 radical (unpaired) electrons. The van der Waals surface area contributed by atoms with Crippen LogP contribution in [-0.4, -0.2) is 39.0 Å². The van der Waals surface area contributed by atoms with Gasteiger partial charge >= 0.3 is 6.18 Å². The van der Waals surface area contributed by atoms with Gasteiger partial charge in [0.05, 0.1) is 6.61 Å². The first-order chi connectivity index (χ1) is 7.49. The molecule has 0 aromatic heterocycles. The lowest BCUT2D eigenvalue weighted by Gasteiger charge is -2.17. The Bertz CT molecular complexity index is 165. The molecule has 0 aromatic rings. The van der Waals surface area contributed by atoms with Crippen LogP contribution < -0.4 is 11.1 Å². The average Bonchev–Trinajstić information content (AvgIpc) is 2.19. The molecule has 16 heavy (non-hydrogen) atoms. The molecule has 0 heterocycles. The van der Waals surface area contributed by atoms with Crippen LogP contribution in [0.25, 0.3) is 0 Å². The van der Waals surface area contributed by atoms with E-state index in [2.05, 4.69) is 5.32 Å². The van der Waals surface area contributed by atoms with Crippen molar-refractivity contribution >= 4 is 0 Å². The number of halogens is 3. The van der Waals surface area contributed by atoms with Gasteiger partial charge in [-0.1, -0.05) is 0 Å². The second-order valence-electron chi connectivity index (χ2n) is 3.76. The highest BCUT2D eigenvalue weighted by molar-refractivity contribution is 4.67. The van der Waals surface area contributed by atoms with Crippen molar-refractivity contribution in [2.75, 3.05) is 26.8 Å². The summed E-state index contributed by atoms with van der Waals surface area (Å²) in [7, 11) is 1.58. The Hall–Kier alpha value is -0.330. The number of ether oxygens (including phenoxy) is 1. The number of hydrogen-bond donors (Lipinski definition) is 2. The Morgan fingerprint density at radius 1 is 1.31 bits per heavy atom. The third kappa shape index (κ3) is 10.2. The highest BCUT2D eigenvalue weighted by atomic mass is 19.4. The first-order valence-electron chi connectivity index (χ1n) is 5.48. The molecule has 0 saturated carbocycles. The van der Waals surface area contributed by atoms with Crippen LogP contribution in [0.2, 0.25) is 0 Å². The predicted molar refractivity (Wildman–Crippen MR) is 57.2 cm³/mol. The molecule has 0 bridgehead atoms. The topological polar surface area (TPSA) is 47.3 Å². The minimum atomic E-state index is -4.06. The van der Waals surface area contributed by atoms with Crippen molar-refractivity contribution in [1.29, 1.82) is 0 Å². The third-order valence-corrected chi connectivity index (χ3v) is 2.19. The molecule has 0 aliphatic carbocycles. The van der Waals surface area contributed by atoms with Gasteiger partial charge in [-0.05, 0) is 32.4 Å². The van der Waals surface area contributed by atoms with Crippen molar-refractivity contribution < 1.29 is 17.9 Å². The number of rotatable bonds is 9. The molecule has 1 atom stereocenters. The molecule has 0 spiro atoms. The van der Waals surface area contributed by atoms with E-state index in [9.17, 15) is 13.2 Å². The first kappa shape index (κ1) is 15.7. The van der Waals surface area contributed by atoms with Crippen LogP contribution in [0.1, 0.15) is 25.7 Å². The molecule has 0 aliphatic rings. The van der Waals surface area contributed by atoms with Gasteiger partial charge < -0.3 is 15.8 Å². The van der Waals surface area contributed by atoms with Crippen molar-refractivity contribution in [1.82, 2.24) is 5.32 Å². The molecule has 3 nitrogen and oxygen atoms in total. The van der Waals surface area contributed by atoms with Crippen LogP contribution in [0.15, 0.2) is 0 Å². The summed E-state index contributed by atoms with van der Waals surface area (Å²) in [4.78, 5) is 0. The fourth-order valence-electron chi connectivity index (χ4n) is 1.40. The van der Waals surface area contributed by atoms with Crippen molar-refractivity contribution in [3.8, 4) is 0 Å². The normalized spacial score (nSPS) is 14.1. The maximum Gasteiger partial charge on any atom is 0.389 e. The van der Waals surface area contributed by atoms with Gasteiger partial charge in [-0.25, -0.2) is 0 Å². The lowest BCUT2D eigenvalue weighted by Crippen LogP contribution is -2.34. The summed E-state index contributed by atoms with van der Waals surface area (Å²) >= 11 is 0. The zero-order chi connectivity index (χ0) is 12.4. The zero-order valence-corrected chi connectivity index (χ0v) is 9.65. The van der Waals surface area contributed by atoms with Crippen molar-refractivity contribution in [2.24, 2.45) is 5.73 Å². The van der Waals surface area contributed by atoms with Crippen LogP contribution in [-0.2, 0) is 4.74 Å². The van der Waals surface area contributed by atoms with Gasteiger partial charge in [0.2, 0.25) is 0 Å². The van der Waals surface area contributed by atoms with E-state index in [4.69, 9.17) is 10.5 Å². The van der Waals surface area contributed by atoms with E-state index in [0.29, 0.717) is 19.7 Å². The van der Waals surface area contributed by atoms with Crippen LogP contribution in [0, 0.1) is 0 Å². The Morgan fingerprint density at radius 2 is 2.00 bits per heavy atom. The van der Waals surface area contributed by atoms with E-state index in [1.54, 1.807) is 7.11 Å². The van der Waals surface area contributed by atoms with Gasteiger partial charge in [-0.2, -0.15) is 13.2 Å². The van der Waals surface area contributed by atoms with Gasteiger partial charge in [-0.3, -0.25) is 0 Å². The Labute approximate surface area is 94.5 Å². The second kappa shape index (κ2) is 8.78. The number of alkyl halides is 3. The average molecular weight is 242 g/mol. The zero-order valence-electron chi connectivity index (χ0n) is 9.65. The predicted octanol–water partition coefficient (Wildman–Crippen LogP) is 1.67. The van der Waals surface area contributed by atoms with Crippen LogP contribution in [0.4, 0.5) is 13.2 Å². The fraction of sp³-hybridized carbons (Fsp3) is 1.00. The van der Waals surface area contributed by atoms with Gasteiger partial charge in [0.1, 0.15) is 0 Å². The van der Waals surface area contributed by atoms with Crippen LogP contribution in [0.3, 0.4) is 0 Å². The highest BCUT2D eigenvalue weighted by Gasteiger charge is 2.25. The molecule has 98 valence electrons. The lowest BCUT2D eigenvalue weighted by molar-refractivity contribution is -0.135. The molecular formula is C10H21F3N2O. The summed E-state index contributed by atoms with van der Waals surface area (Å²) in [6.45, 7) is 1.45. The molecule has 0 fully saturated rings. The summed E-state index contributed by atoms with van der Waals surface area (Å²) in [5.41, 5.74) is 5.37. The molecule has 6 heteroatoms. The van der Waals surface area contributed by atoms with Crippen molar-refractivity contribution in [3.63, 3.8) is 0 Å². The Kier molecular flexibility index (Phi) is 8.60. The monoisotopic (exact) mass is 242 g/mol. The van der Waals surface area contributed by atoms with Gasteiger partial charge in [0.25, 0.3) is 0 Å². The molecule has 0 amide bonds. The molecule has 0 saturated heterocycles. The first-order valence-corrected chi connectivity index (χ1v) is 5.48. The Morgan fingerprint density at radius 3 is 2.50 bits per heavy atom. The lowest BCUT2D eigenvalue weighted by atomic mass is 10.1. The van der Waals surface area contributed by atoms with E-state index in [-0.39, 0.29) is 12.5 Å². The largest absolute Gasteiger partial charge is 0.389 e. The standard InChI is InChI=1S/C10H21F3N2O/c1-16-8-9(4-2-6-14)15-7-3-5-10(11,12)13/h9,15H,2-8,14H2,1H3. The fourth-order valence-corrected chi connectivity index (χ4v) is 1.40. The minimum Gasteiger partial charge on any atom is -0.383 e. The quantitative estimate of drug-likeness (QED) is 0.605. The molecule has 0 aromatic carbocycles. The number of nitrogens with one attached hydrogen (secondary N) is 1. The molecule has 0 rings (SSSR count). The SMILES string of the molecule is COCC(CCCN)NCCCC(F)(F)F. The van der Waals surface area contributed by atoms with Crippen LogP contribution >= 0.6 is 0 Å². The van der Waals surface area contributed by atoms with E-state index in [1.165, 1.54) is 0 Å². The molecule has 1 unspecified atom stereocenters. The molecular weight excluding hydrogens is 221 g/mol. The number of methoxy groups -OCH3 is 1. The summed E-state index contributed by atoms with van der Waals surface area (Å²) in [5.74, 6) is 0. The molecule has 0 aliphatic heterocycles. The summed E-state index contributed by atoms with van der Waals surface area (Å²) < 4.78 is 40.6. The Balaban J connectivity index is 3.59. The van der Waals surface area contributed by atoms with Gasteiger partial charge in [-0.15, -0.1) is 0 Å². The van der Waals surface area contributed by atoms with Crippen molar-refractivity contribution in [2.45, 2.75) is 37.9 Å². The van der Waals surface area contributed by atoms with E-state index in [0.717, 1.165) is 12.8 Å². The smallest absolute Gasteiger partial charge is 0.383 e. The number of nitrogens with two attached hydrogens (primary N) is 1. The summed E-state index contributed by atoms with van der Waals surface area (Å²) in [5, 5.41) is 3.05. The summed E-state index contributed by atoms with van der Waals surface area (Å²) in [6.07, 6.45) is -3.02. The van der Waals surface area contributed by atoms with E-state index < -0.39 is 12.6 Å². The molecule has 3 N–H and O–H groups in total. The highest BCUT2D eigenvalue weighted by Crippen LogP contribution is 2.20. The maximum absolute atomic E-state index is 11.9. The van der Waals surface area contributed by atoms with E-state index in [1.807, 2.05) is 0 Å². The van der Waals surface area contributed by atoms with Gasteiger partial charge in [0, 0.05) is 19.6 Å². The maximum atomic E-state index is 11.9. The second-order valence-corrected chi connectivity index (χ2v) is 3.76. The van der Waals surface area contributed by atoms with Crippen molar-refractivity contribution in [3.05, 3.63) is 0 Å². The third-order valence-electron chi connectivity index (χ3n) is 2.19. The minimum absolute atomic E-state index is 0.0989. The van der Waals surface area contributed by atoms with Gasteiger partial charge in [0.15, 0.2) is 0 Å². The van der Waals surface area contributed by atoms with Crippen LogP contribution in [0.5, 0.6) is 0 Å². The number of hydrogen-bond acceptors (Lipinski definition) is 3. The van der Waals surface area contributed by atoms with E-state index >= 15 is 0 Å². The summed E-state index contributed by atoms with van der Waals surface area (Å²) in [6, 6.07) is 0.0989.